The Morgan fingerprint density at radius 3 is 2.55 bits per heavy atom. The smallest absolute Gasteiger partial charge is 0.335 e. The zero-order valence-electron chi connectivity index (χ0n) is 11.3. The van der Waals surface area contributed by atoms with Gasteiger partial charge in [0.1, 0.15) is 10.7 Å². The lowest BCUT2D eigenvalue weighted by atomic mass is 10.2. The quantitative estimate of drug-likeness (QED) is 0.892. The second kappa shape index (κ2) is 5.94. The molecule has 0 heterocycles. The summed E-state index contributed by atoms with van der Waals surface area (Å²) < 4.78 is 40.5. The molecule has 0 aliphatic heterocycles. The number of sulfonamides is 1. The van der Waals surface area contributed by atoms with E-state index in [-0.39, 0.29) is 11.3 Å². The fourth-order valence-corrected chi connectivity index (χ4v) is 3.14. The van der Waals surface area contributed by atoms with Crippen LogP contribution in [0, 0.1) is 12.7 Å². The van der Waals surface area contributed by atoms with Crippen molar-refractivity contribution in [2.24, 2.45) is 0 Å². The molecule has 0 atom stereocenters. The van der Waals surface area contributed by atoms with Crippen LogP contribution in [0.1, 0.15) is 15.9 Å². The molecular weight excluding hydrogens is 333 g/mol. The maximum atomic E-state index is 13.8. The van der Waals surface area contributed by atoms with E-state index in [2.05, 4.69) is 4.72 Å². The summed E-state index contributed by atoms with van der Waals surface area (Å²) in [5.41, 5.74) is 0.444. The van der Waals surface area contributed by atoms with Crippen LogP contribution in [0.25, 0.3) is 0 Å². The number of hydrogen-bond acceptors (Lipinski definition) is 3. The van der Waals surface area contributed by atoms with Crippen molar-refractivity contribution in [3.8, 4) is 0 Å². The van der Waals surface area contributed by atoms with Gasteiger partial charge in [-0.3, -0.25) is 4.72 Å². The Kier molecular flexibility index (Phi) is 4.39. The Balaban J connectivity index is 2.49. The standard InChI is InChI=1S/C14H11ClFNO4S/c1-8-2-4-10(15)7-12(8)17-22(20,21)13-6-9(14(18)19)3-5-11(13)16/h2-7,17H,1H3,(H,18,19). The highest BCUT2D eigenvalue weighted by atomic mass is 35.5. The minimum Gasteiger partial charge on any atom is -0.478 e. The summed E-state index contributed by atoms with van der Waals surface area (Å²) in [4.78, 5) is 10.1. The number of nitrogens with one attached hydrogen (secondary N) is 1. The Hall–Kier alpha value is -2.12. The molecule has 0 radical (unpaired) electrons. The molecule has 2 aromatic rings. The minimum absolute atomic E-state index is 0.188. The molecule has 8 heteroatoms. The largest absolute Gasteiger partial charge is 0.478 e. The van der Waals surface area contributed by atoms with Gasteiger partial charge in [0.15, 0.2) is 0 Å². The fourth-order valence-electron chi connectivity index (χ4n) is 1.75. The Morgan fingerprint density at radius 2 is 1.91 bits per heavy atom. The van der Waals surface area contributed by atoms with Crippen LogP contribution in [-0.2, 0) is 10.0 Å². The number of rotatable bonds is 4. The van der Waals surface area contributed by atoms with Crippen LogP contribution in [0.5, 0.6) is 0 Å². The summed E-state index contributed by atoms with van der Waals surface area (Å²) in [5, 5.41) is 9.19. The summed E-state index contributed by atoms with van der Waals surface area (Å²) in [6, 6.07) is 7.11. The van der Waals surface area contributed by atoms with Crippen LogP contribution < -0.4 is 4.72 Å². The SMILES string of the molecule is Cc1ccc(Cl)cc1NS(=O)(=O)c1cc(C(=O)O)ccc1F. The highest BCUT2D eigenvalue weighted by molar-refractivity contribution is 7.92. The number of carboxylic acid groups (broad SMARTS) is 1. The summed E-state index contributed by atoms with van der Waals surface area (Å²) >= 11 is 5.80. The van der Waals surface area contributed by atoms with Gasteiger partial charge < -0.3 is 5.11 Å². The predicted octanol–water partition coefficient (Wildman–Crippen LogP) is 3.29. The summed E-state index contributed by atoms with van der Waals surface area (Å²) in [5.74, 6) is -2.40. The van der Waals surface area contributed by atoms with Crippen molar-refractivity contribution in [3.63, 3.8) is 0 Å². The zero-order chi connectivity index (χ0) is 16.5. The topological polar surface area (TPSA) is 83.5 Å². The molecule has 0 spiro atoms. The van der Waals surface area contributed by atoms with Crippen LogP contribution in [-0.4, -0.2) is 19.5 Å². The maximum Gasteiger partial charge on any atom is 0.335 e. The maximum absolute atomic E-state index is 13.8. The number of hydrogen-bond donors (Lipinski definition) is 2. The molecule has 0 bridgehead atoms. The lowest BCUT2D eigenvalue weighted by Gasteiger charge is -2.12. The molecule has 0 unspecified atom stereocenters. The van der Waals surface area contributed by atoms with Gasteiger partial charge >= 0.3 is 5.97 Å². The van der Waals surface area contributed by atoms with Crippen molar-refractivity contribution in [1.29, 1.82) is 0 Å². The molecule has 0 aliphatic rings. The zero-order valence-corrected chi connectivity index (χ0v) is 12.9. The molecule has 0 saturated heterocycles. The van der Waals surface area contributed by atoms with E-state index in [4.69, 9.17) is 16.7 Å². The Labute approximate surface area is 131 Å². The van der Waals surface area contributed by atoms with Gasteiger partial charge in [0.25, 0.3) is 10.0 Å². The Morgan fingerprint density at radius 1 is 1.23 bits per heavy atom. The first kappa shape index (κ1) is 16.3. The van der Waals surface area contributed by atoms with Gasteiger partial charge in [-0.05, 0) is 42.8 Å². The van der Waals surface area contributed by atoms with Crippen molar-refractivity contribution in [2.45, 2.75) is 11.8 Å². The third kappa shape index (κ3) is 3.37. The second-order valence-electron chi connectivity index (χ2n) is 4.52. The number of benzene rings is 2. The van der Waals surface area contributed by atoms with Crippen molar-refractivity contribution < 1.29 is 22.7 Å². The molecule has 0 aromatic heterocycles. The van der Waals surface area contributed by atoms with Crippen molar-refractivity contribution in [3.05, 3.63) is 58.4 Å². The van der Waals surface area contributed by atoms with Crippen LogP contribution in [0.15, 0.2) is 41.3 Å². The molecule has 0 fully saturated rings. The summed E-state index contributed by atoms with van der Waals surface area (Å²) in [6.45, 7) is 1.65. The highest BCUT2D eigenvalue weighted by Gasteiger charge is 2.22. The monoisotopic (exact) mass is 343 g/mol. The molecule has 5 nitrogen and oxygen atoms in total. The molecule has 22 heavy (non-hydrogen) atoms. The second-order valence-corrected chi connectivity index (χ2v) is 6.60. The lowest BCUT2D eigenvalue weighted by molar-refractivity contribution is 0.0696. The molecule has 2 rings (SSSR count). The molecule has 0 saturated carbocycles. The van der Waals surface area contributed by atoms with Crippen LogP contribution in [0.4, 0.5) is 10.1 Å². The van der Waals surface area contributed by atoms with E-state index >= 15 is 0 Å². The first-order valence-electron chi connectivity index (χ1n) is 6.02. The van der Waals surface area contributed by atoms with E-state index in [1.165, 1.54) is 6.07 Å². The predicted molar refractivity (Wildman–Crippen MR) is 80.4 cm³/mol. The number of anilines is 1. The summed E-state index contributed by atoms with van der Waals surface area (Å²) in [6.07, 6.45) is 0. The van der Waals surface area contributed by atoms with Gasteiger partial charge in [0.05, 0.1) is 11.3 Å². The number of halogens is 2. The van der Waals surface area contributed by atoms with E-state index in [0.29, 0.717) is 10.6 Å². The van der Waals surface area contributed by atoms with Gasteiger partial charge in [-0.15, -0.1) is 0 Å². The molecule has 2 aromatic carbocycles. The molecule has 0 amide bonds. The van der Waals surface area contributed by atoms with Crippen molar-refractivity contribution >= 4 is 33.3 Å². The first-order chi connectivity index (χ1) is 10.2. The highest BCUT2D eigenvalue weighted by Crippen LogP contribution is 2.25. The molecule has 2 N–H and O–H groups in total. The van der Waals surface area contributed by atoms with Gasteiger partial charge in [0.2, 0.25) is 0 Å². The van der Waals surface area contributed by atoms with E-state index in [9.17, 15) is 17.6 Å². The number of carbonyl (C=O) groups is 1. The van der Waals surface area contributed by atoms with Gasteiger partial charge in [-0.2, -0.15) is 0 Å². The lowest BCUT2D eigenvalue weighted by Crippen LogP contribution is -2.16. The van der Waals surface area contributed by atoms with Crippen molar-refractivity contribution in [2.75, 3.05) is 4.72 Å². The normalized spacial score (nSPS) is 11.2. The fraction of sp³-hybridized carbons (Fsp3) is 0.0714. The van der Waals surface area contributed by atoms with Gasteiger partial charge in [0, 0.05) is 5.02 Å². The van der Waals surface area contributed by atoms with E-state index < -0.39 is 26.7 Å². The molecule has 0 aliphatic carbocycles. The van der Waals surface area contributed by atoms with E-state index in [1.54, 1.807) is 19.1 Å². The third-order valence-corrected chi connectivity index (χ3v) is 4.53. The molecular formula is C14H11ClFNO4S. The van der Waals surface area contributed by atoms with Crippen LogP contribution in [0.2, 0.25) is 5.02 Å². The number of aryl methyl sites for hydroxylation is 1. The minimum atomic E-state index is -4.29. The van der Waals surface area contributed by atoms with Gasteiger partial charge in [-0.25, -0.2) is 17.6 Å². The number of carboxylic acids is 1. The van der Waals surface area contributed by atoms with E-state index in [0.717, 1.165) is 18.2 Å². The van der Waals surface area contributed by atoms with Gasteiger partial charge in [-0.1, -0.05) is 17.7 Å². The average Bonchev–Trinajstić information content (AvgIpc) is 2.42. The van der Waals surface area contributed by atoms with Crippen LogP contribution >= 0.6 is 11.6 Å². The van der Waals surface area contributed by atoms with Crippen LogP contribution in [0.3, 0.4) is 0 Å². The Bertz CT molecular complexity index is 852. The third-order valence-electron chi connectivity index (χ3n) is 2.91. The summed E-state index contributed by atoms with van der Waals surface area (Å²) in [7, 11) is -4.29. The number of aromatic carboxylic acids is 1. The van der Waals surface area contributed by atoms with Crippen molar-refractivity contribution in [1.82, 2.24) is 0 Å². The molecule has 116 valence electrons. The van der Waals surface area contributed by atoms with E-state index in [1.807, 2.05) is 0 Å². The first-order valence-corrected chi connectivity index (χ1v) is 7.88. The average molecular weight is 344 g/mol.